The Labute approximate surface area is 135 Å². The number of carboxylic acids is 1. The predicted octanol–water partition coefficient (Wildman–Crippen LogP) is 3.69. The van der Waals surface area contributed by atoms with Gasteiger partial charge in [-0.05, 0) is 36.2 Å². The summed E-state index contributed by atoms with van der Waals surface area (Å²) < 4.78 is 6.23. The predicted molar refractivity (Wildman–Crippen MR) is 84.1 cm³/mol. The minimum Gasteiger partial charge on any atom is -0.481 e. The fourth-order valence-electron chi connectivity index (χ4n) is 2.56. The van der Waals surface area contributed by atoms with Crippen molar-refractivity contribution in [1.29, 1.82) is 0 Å². The molecule has 112 valence electrons. The number of carbonyl (C=O) groups excluding carboxylic acids is 1. The van der Waals surface area contributed by atoms with Gasteiger partial charge in [-0.3, -0.25) is 9.59 Å². The number of esters is 1. The molecule has 0 aliphatic carbocycles. The summed E-state index contributed by atoms with van der Waals surface area (Å²) in [5.41, 5.74) is 2.21. The quantitative estimate of drug-likeness (QED) is 0.669. The summed E-state index contributed by atoms with van der Waals surface area (Å²) in [6.45, 7) is 1.62. The van der Waals surface area contributed by atoms with Crippen molar-refractivity contribution in [2.45, 2.75) is 18.8 Å². The van der Waals surface area contributed by atoms with Crippen molar-refractivity contribution < 1.29 is 19.4 Å². The molecule has 3 rings (SSSR count). The Morgan fingerprint density at radius 3 is 2.55 bits per heavy atom. The lowest BCUT2D eigenvalue weighted by Crippen LogP contribution is -2.12. The van der Waals surface area contributed by atoms with E-state index in [0.29, 0.717) is 11.3 Å². The smallest absolute Gasteiger partial charge is 0.323 e. The third-order valence-corrected chi connectivity index (χ3v) is 4.39. The molecule has 0 radical (unpaired) electrons. The van der Waals surface area contributed by atoms with Gasteiger partial charge in [-0.15, -0.1) is 0 Å². The number of benzene rings is 2. The topological polar surface area (TPSA) is 63.6 Å². The van der Waals surface area contributed by atoms with Crippen LogP contribution in [0.3, 0.4) is 0 Å². The normalized spacial score (nSPS) is 17.7. The largest absolute Gasteiger partial charge is 0.481 e. The van der Waals surface area contributed by atoms with Crippen LogP contribution in [0.5, 0.6) is 5.75 Å². The maximum Gasteiger partial charge on any atom is 0.323 e. The van der Waals surface area contributed by atoms with E-state index in [2.05, 4.69) is 15.9 Å². The lowest BCUT2D eigenvalue weighted by atomic mass is 9.89. The molecule has 2 aromatic carbocycles. The highest BCUT2D eigenvalue weighted by Crippen LogP contribution is 2.40. The van der Waals surface area contributed by atoms with Crippen molar-refractivity contribution in [3.05, 3.63) is 63.6 Å². The maximum absolute atomic E-state index is 12.2. The minimum absolute atomic E-state index is 0.336. The first-order valence-electron chi connectivity index (χ1n) is 6.81. The van der Waals surface area contributed by atoms with Gasteiger partial charge in [-0.1, -0.05) is 40.2 Å². The van der Waals surface area contributed by atoms with Crippen LogP contribution < -0.4 is 4.74 Å². The van der Waals surface area contributed by atoms with Crippen molar-refractivity contribution >= 4 is 27.9 Å². The van der Waals surface area contributed by atoms with Crippen molar-refractivity contribution in [3.63, 3.8) is 0 Å². The van der Waals surface area contributed by atoms with Crippen molar-refractivity contribution in [1.82, 2.24) is 0 Å². The number of fused-ring (bicyclic) bond motifs is 1. The number of carboxylic acid groups (broad SMARTS) is 1. The monoisotopic (exact) mass is 360 g/mol. The molecular weight excluding hydrogens is 348 g/mol. The molecule has 0 aromatic heterocycles. The summed E-state index contributed by atoms with van der Waals surface area (Å²) in [7, 11) is 0. The molecule has 0 unspecified atom stereocenters. The van der Waals surface area contributed by atoms with Gasteiger partial charge in [0.25, 0.3) is 0 Å². The van der Waals surface area contributed by atoms with E-state index in [1.165, 1.54) is 0 Å². The van der Waals surface area contributed by atoms with Crippen molar-refractivity contribution in [2.75, 3.05) is 0 Å². The first-order valence-corrected chi connectivity index (χ1v) is 7.60. The third-order valence-electron chi connectivity index (χ3n) is 3.86. The number of rotatable bonds is 3. The Morgan fingerprint density at radius 2 is 1.91 bits per heavy atom. The molecule has 0 amide bonds. The Hall–Kier alpha value is -2.14. The summed E-state index contributed by atoms with van der Waals surface area (Å²) in [6.07, 6.45) is 0. The number of carbonyl (C=O) groups is 2. The van der Waals surface area contributed by atoms with Gasteiger partial charge in [-0.25, -0.2) is 0 Å². The highest BCUT2D eigenvalue weighted by molar-refractivity contribution is 9.10. The van der Waals surface area contributed by atoms with Crippen LogP contribution in [0.15, 0.2) is 46.9 Å². The number of hydrogen-bond acceptors (Lipinski definition) is 3. The average molecular weight is 361 g/mol. The van der Waals surface area contributed by atoms with Gasteiger partial charge in [0.15, 0.2) is 0 Å². The zero-order valence-electron chi connectivity index (χ0n) is 11.7. The summed E-state index contributed by atoms with van der Waals surface area (Å²) in [4.78, 5) is 23.3. The molecule has 0 spiro atoms. The molecule has 1 aliphatic rings. The Kier molecular flexibility index (Phi) is 3.74. The van der Waals surface area contributed by atoms with Gasteiger partial charge >= 0.3 is 11.9 Å². The second-order valence-electron chi connectivity index (χ2n) is 5.26. The van der Waals surface area contributed by atoms with Gasteiger partial charge in [0, 0.05) is 10.0 Å². The lowest BCUT2D eigenvalue weighted by Gasteiger charge is -2.11. The first-order chi connectivity index (χ1) is 10.5. The first kappa shape index (κ1) is 14.8. The second kappa shape index (κ2) is 5.57. The highest BCUT2D eigenvalue weighted by Gasteiger charge is 2.35. The van der Waals surface area contributed by atoms with Gasteiger partial charge in [0.2, 0.25) is 0 Å². The van der Waals surface area contributed by atoms with Gasteiger partial charge < -0.3 is 9.84 Å². The van der Waals surface area contributed by atoms with Crippen LogP contribution in [0.4, 0.5) is 0 Å². The molecule has 1 N–H and O–H groups in total. The van der Waals surface area contributed by atoms with E-state index in [1.807, 2.05) is 24.3 Å². The molecule has 22 heavy (non-hydrogen) atoms. The molecule has 0 saturated heterocycles. The molecule has 0 bridgehead atoms. The number of halogens is 1. The number of aliphatic carboxylic acids is 1. The van der Waals surface area contributed by atoms with Gasteiger partial charge in [-0.2, -0.15) is 0 Å². The van der Waals surface area contributed by atoms with E-state index in [4.69, 9.17) is 9.84 Å². The Bertz CT molecular complexity index is 752. The lowest BCUT2D eigenvalue weighted by molar-refractivity contribution is -0.138. The van der Waals surface area contributed by atoms with E-state index in [9.17, 15) is 9.59 Å². The van der Waals surface area contributed by atoms with E-state index in [1.54, 1.807) is 25.1 Å². The highest BCUT2D eigenvalue weighted by atomic mass is 79.9. The van der Waals surface area contributed by atoms with E-state index >= 15 is 0 Å². The van der Waals surface area contributed by atoms with Crippen LogP contribution in [-0.4, -0.2) is 17.0 Å². The molecule has 2 atom stereocenters. The maximum atomic E-state index is 12.2. The summed E-state index contributed by atoms with van der Waals surface area (Å²) in [6, 6.07) is 12.6. The summed E-state index contributed by atoms with van der Waals surface area (Å²) in [5.74, 6) is -1.88. The Morgan fingerprint density at radius 1 is 1.23 bits per heavy atom. The molecule has 0 fully saturated rings. The standard InChI is InChI=1S/C17H13BrO4/c1-9(16(19)20)11-4-7-14-13(8-11)15(17(21)22-14)10-2-5-12(18)6-3-10/h2-9,15H,1H3,(H,19,20)/t9-,15+/m0/s1. The summed E-state index contributed by atoms with van der Waals surface area (Å²) >= 11 is 3.37. The van der Waals surface area contributed by atoms with Crippen LogP contribution in [0.1, 0.15) is 35.4 Å². The summed E-state index contributed by atoms with van der Waals surface area (Å²) in [5, 5.41) is 9.15. The van der Waals surface area contributed by atoms with E-state index in [0.717, 1.165) is 15.6 Å². The molecule has 5 heteroatoms. The second-order valence-corrected chi connectivity index (χ2v) is 6.18. The van der Waals surface area contributed by atoms with Crippen LogP contribution in [0.2, 0.25) is 0 Å². The fourth-order valence-corrected chi connectivity index (χ4v) is 2.83. The molecule has 0 saturated carbocycles. The van der Waals surface area contributed by atoms with Crippen molar-refractivity contribution in [3.8, 4) is 5.75 Å². The third kappa shape index (κ3) is 2.52. The van der Waals surface area contributed by atoms with E-state index < -0.39 is 17.8 Å². The number of hydrogen-bond donors (Lipinski definition) is 1. The fraction of sp³-hybridized carbons (Fsp3) is 0.176. The van der Waals surface area contributed by atoms with Crippen LogP contribution >= 0.6 is 15.9 Å². The zero-order chi connectivity index (χ0) is 15.9. The molecular formula is C17H13BrO4. The van der Waals surface area contributed by atoms with Gasteiger partial charge in [0.05, 0.1) is 5.92 Å². The van der Waals surface area contributed by atoms with Crippen LogP contribution in [-0.2, 0) is 9.59 Å². The molecule has 4 nitrogen and oxygen atoms in total. The van der Waals surface area contributed by atoms with Gasteiger partial charge in [0.1, 0.15) is 11.7 Å². The molecule has 1 aliphatic heterocycles. The molecule has 2 aromatic rings. The minimum atomic E-state index is -0.898. The van der Waals surface area contributed by atoms with E-state index in [-0.39, 0.29) is 5.97 Å². The Balaban J connectivity index is 2.05. The average Bonchev–Trinajstić information content (AvgIpc) is 2.82. The van der Waals surface area contributed by atoms with Crippen LogP contribution in [0.25, 0.3) is 0 Å². The SMILES string of the molecule is C[C@H](C(=O)O)c1ccc2c(c1)[C@@H](c1ccc(Br)cc1)C(=O)O2. The zero-order valence-corrected chi connectivity index (χ0v) is 13.3. The van der Waals surface area contributed by atoms with Crippen LogP contribution in [0, 0.1) is 0 Å². The van der Waals surface area contributed by atoms with Crippen molar-refractivity contribution in [2.24, 2.45) is 0 Å². The molecule has 1 heterocycles. The number of ether oxygens (including phenoxy) is 1.